The molecule has 0 aliphatic rings. The summed E-state index contributed by atoms with van der Waals surface area (Å²) < 4.78 is 25.6. The van der Waals surface area contributed by atoms with Crippen LogP contribution in [0.15, 0.2) is 54.6 Å². The van der Waals surface area contributed by atoms with Gasteiger partial charge in [-0.25, -0.2) is 8.42 Å². The van der Waals surface area contributed by atoms with Gasteiger partial charge in [-0.15, -0.1) is 0 Å². The number of aryl methyl sites for hydroxylation is 1. The molecule has 7 heteroatoms. The first kappa shape index (κ1) is 19.5. The van der Waals surface area contributed by atoms with Gasteiger partial charge in [0.05, 0.1) is 18.0 Å². The second-order valence-electron chi connectivity index (χ2n) is 5.95. The molecule has 0 atom stereocenters. The first-order valence-electron chi connectivity index (χ1n) is 8.05. The van der Waals surface area contributed by atoms with Gasteiger partial charge in [-0.05, 0) is 24.1 Å². The SMILES string of the molecule is Cc1ccccc1N(CC(=O)N(CC#N)Cc1ccccc1)S(C)(=O)=O. The minimum atomic E-state index is -3.65. The van der Waals surface area contributed by atoms with Gasteiger partial charge in [-0.2, -0.15) is 5.26 Å². The standard InChI is InChI=1S/C19H21N3O3S/c1-16-8-6-7-11-18(16)22(26(2,24)25)15-19(23)21(13-12-20)14-17-9-4-3-5-10-17/h3-11H,13-15H2,1-2H3. The first-order valence-corrected chi connectivity index (χ1v) is 9.89. The van der Waals surface area contributed by atoms with Gasteiger partial charge in [-0.3, -0.25) is 9.10 Å². The molecule has 0 saturated heterocycles. The molecule has 2 aromatic carbocycles. The Kier molecular flexibility index (Phi) is 6.36. The van der Waals surface area contributed by atoms with E-state index >= 15 is 0 Å². The molecule has 6 nitrogen and oxygen atoms in total. The van der Waals surface area contributed by atoms with Gasteiger partial charge in [0.15, 0.2) is 0 Å². The van der Waals surface area contributed by atoms with Crippen molar-refractivity contribution in [3.63, 3.8) is 0 Å². The van der Waals surface area contributed by atoms with Gasteiger partial charge in [-0.1, -0.05) is 48.5 Å². The molecule has 2 rings (SSSR count). The minimum absolute atomic E-state index is 0.112. The quantitative estimate of drug-likeness (QED) is 0.700. The fourth-order valence-corrected chi connectivity index (χ4v) is 3.48. The van der Waals surface area contributed by atoms with Crippen LogP contribution in [0.4, 0.5) is 5.69 Å². The van der Waals surface area contributed by atoms with Crippen molar-refractivity contribution < 1.29 is 13.2 Å². The fourth-order valence-electron chi connectivity index (χ4n) is 2.57. The summed E-state index contributed by atoms with van der Waals surface area (Å²) >= 11 is 0. The fraction of sp³-hybridized carbons (Fsp3) is 0.263. The van der Waals surface area contributed by atoms with E-state index in [4.69, 9.17) is 5.26 Å². The van der Waals surface area contributed by atoms with E-state index in [1.807, 2.05) is 36.4 Å². The molecular weight excluding hydrogens is 350 g/mol. The number of carbonyl (C=O) groups is 1. The Balaban J connectivity index is 2.27. The molecule has 0 bridgehead atoms. The molecule has 0 unspecified atom stereocenters. The second kappa shape index (κ2) is 8.50. The van der Waals surface area contributed by atoms with Gasteiger partial charge in [0.1, 0.15) is 13.1 Å². The number of carbonyl (C=O) groups excluding carboxylic acids is 1. The molecule has 0 aliphatic carbocycles. The molecule has 0 radical (unpaired) electrons. The highest BCUT2D eigenvalue weighted by Crippen LogP contribution is 2.22. The zero-order chi connectivity index (χ0) is 19.2. The monoisotopic (exact) mass is 371 g/mol. The van der Waals surface area contributed by atoms with Gasteiger partial charge < -0.3 is 4.90 Å². The molecule has 2 aromatic rings. The van der Waals surface area contributed by atoms with Crippen LogP contribution in [0, 0.1) is 18.3 Å². The maximum atomic E-state index is 12.7. The maximum Gasteiger partial charge on any atom is 0.244 e. The number of hydrogen-bond donors (Lipinski definition) is 0. The number of rotatable bonds is 7. The zero-order valence-corrected chi connectivity index (χ0v) is 15.6. The van der Waals surface area contributed by atoms with Crippen molar-refractivity contribution in [2.24, 2.45) is 0 Å². The van der Waals surface area contributed by atoms with Gasteiger partial charge >= 0.3 is 0 Å². The van der Waals surface area contributed by atoms with E-state index in [1.165, 1.54) is 4.90 Å². The Hall–Kier alpha value is -2.85. The summed E-state index contributed by atoms with van der Waals surface area (Å²) in [6.45, 7) is 1.57. The average Bonchev–Trinajstić information content (AvgIpc) is 2.60. The highest BCUT2D eigenvalue weighted by Gasteiger charge is 2.25. The Morgan fingerprint density at radius 2 is 1.69 bits per heavy atom. The van der Waals surface area contributed by atoms with Crippen LogP contribution in [-0.4, -0.2) is 38.6 Å². The molecular formula is C19H21N3O3S. The summed E-state index contributed by atoms with van der Waals surface area (Å²) in [5.74, 6) is -0.427. The largest absolute Gasteiger partial charge is 0.323 e. The van der Waals surface area contributed by atoms with E-state index in [9.17, 15) is 13.2 Å². The third-order valence-electron chi connectivity index (χ3n) is 3.89. The Labute approximate surface area is 154 Å². The van der Waals surface area contributed by atoms with E-state index in [-0.39, 0.29) is 19.6 Å². The topological polar surface area (TPSA) is 81.5 Å². The number of benzene rings is 2. The summed E-state index contributed by atoms with van der Waals surface area (Å²) in [4.78, 5) is 14.1. The third-order valence-corrected chi connectivity index (χ3v) is 5.02. The molecule has 0 fully saturated rings. The predicted molar refractivity (Wildman–Crippen MR) is 101 cm³/mol. The summed E-state index contributed by atoms with van der Waals surface area (Å²) in [5.41, 5.74) is 2.08. The van der Waals surface area contributed by atoms with Crippen molar-refractivity contribution in [2.45, 2.75) is 13.5 Å². The van der Waals surface area contributed by atoms with Crippen molar-refractivity contribution in [1.82, 2.24) is 4.90 Å². The molecule has 0 aromatic heterocycles. The maximum absolute atomic E-state index is 12.7. The average molecular weight is 371 g/mol. The van der Waals surface area contributed by atoms with Crippen LogP contribution in [0.3, 0.4) is 0 Å². The van der Waals surface area contributed by atoms with Crippen LogP contribution < -0.4 is 4.31 Å². The Morgan fingerprint density at radius 3 is 2.27 bits per heavy atom. The number of nitriles is 1. The highest BCUT2D eigenvalue weighted by atomic mass is 32.2. The number of sulfonamides is 1. The van der Waals surface area contributed by atoms with Gasteiger partial charge in [0.2, 0.25) is 15.9 Å². The Morgan fingerprint density at radius 1 is 1.08 bits per heavy atom. The van der Waals surface area contributed by atoms with Crippen molar-refractivity contribution in [3.05, 3.63) is 65.7 Å². The third kappa shape index (κ3) is 5.07. The van der Waals surface area contributed by atoms with Crippen LogP contribution in [-0.2, 0) is 21.4 Å². The molecule has 1 amide bonds. The lowest BCUT2D eigenvalue weighted by Gasteiger charge is -2.27. The van der Waals surface area contributed by atoms with Crippen molar-refractivity contribution in [2.75, 3.05) is 23.7 Å². The van der Waals surface area contributed by atoms with E-state index in [0.29, 0.717) is 5.69 Å². The summed E-state index contributed by atoms with van der Waals surface area (Å²) in [6, 6.07) is 18.2. The lowest BCUT2D eigenvalue weighted by atomic mass is 10.2. The van der Waals surface area contributed by atoms with E-state index < -0.39 is 15.9 Å². The number of nitrogens with zero attached hydrogens (tertiary/aromatic N) is 3. The van der Waals surface area contributed by atoms with E-state index in [1.54, 1.807) is 31.2 Å². The van der Waals surface area contributed by atoms with Crippen molar-refractivity contribution in [1.29, 1.82) is 5.26 Å². The highest BCUT2D eigenvalue weighted by molar-refractivity contribution is 7.92. The lowest BCUT2D eigenvalue weighted by molar-refractivity contribution is -0.129. The first-order chi connectivity index (χ1) is 12.3. The summed E-state index contributed by atoms with van der Waals surface area (Å²) in [7, 11) is -3.65. The molecule has 0 aliphatic heterocycles. The summed E-state index contributed by atoms with van der Waals surface area (Å²) in [5, 5.41) is 9.04. The number of hydrogen-bond acceptors (Lipinski definition) is 4. The van der Waals surface area contributed by atoms with E-state index in [0.717, 1.165) is 21.7 Å². The number of para-hydroxylation sites is 1. The lowest BCUT2D eigenvalue weighted by Crippen LogP contribution is -2.42. The number of amides is 1. The molecule has 26 heavy (non-hydrogen) atoms. The molecule has 0 spiro atoms. The molecule has 0 saturated carbocycles. The van der Waals surface area contributed by atoms with E-state index in [2.05, 4.69) is 0 Å². The van der Waals surface area contributed by atoms with Crippen LogP contribution >= 0.6 is 0 Å². The predicted octanol–water partition coefficient (Wildman–Crippen LogP) is 2.31. The molecule has 0 N–H and O–H groups in total. The van der Waals surface area contributed by atoms with Crippen LogP contribution in [0.5, 0.6) is 0 Å². The van der Waals surface area contributed by atoms with Crippen LogP contribution in [0.1, 0.15) is 11.1 Å². The van der Waals surface area contributed by atoms with Gasteiger partial charge in [0.25, 0.3) is 0 Å². The minimum Gasteiger partial charge on any atom is -0.323 e. The van der Waals surface area contributed by atoms with Crippen LogP contribution in [0.2, 0.25) is 0 Å². The number of anilines is 1. The zero-order valence-electron chi connectivity index (χ0n) is 14.8. The molecule has 136 valence electrons. The molecule has 0 heterocycles. The second-order valence-corrected chi connectivity index (χ2v) is 7.86. The Bertz CT molecular complexity index is 905. The van der Waals surface area contributed by atoms with Crippen LogP contribution in [0.25, 0.3) is 0 Å². The summed E-state index contributed by atoms with van der Waals surface area (Å²) in [6.07, 6.45) is 1.07. The normalized spacial score (nSPS) is 10.8. The smallest absolute Gasteiger partial charge is 0.244 e. The van der Waals surface area contributed by atoms with Crippen molar-refractivity contribution in [3.8, 4) is 6.07 Å². The van der Waals surface area contributed by atoms with Crippen molar-refractivity contribution >= 4 is 21.6 Å². The van der Waals surface area contributed by atoms with Gasteiger partial charge in [0, 0.05) is 6.54 Å².